The van der Waals surface area contributed by atoms with Gasteiger partial charge in [0.1, 0.15) is 11.0 Å². The number of sulfone groups is 1. The molecule has 0 fully saturated rings. The molecular weight excluding hydrogens is 320 g/mol. The molecule has 2 rings (SSSR count). The van der Waals surface area contributed by atoms with Crippen LogP contribution in [0.2, 0.25) is 0 Å². The molecule has 0 aliphatic heterocycles. The summed E-state index contributed by atoms with van der Waals surface area (Å²) in [5, 5.41) is 6.60. The summed E-state index contributed by atoms with van der Waals surface area (Å²) in [6.07, 6.45) is 0.615. The predicted molar refractivity (Wildman–Crippen MR) is 82.3 cm³/mol. The summed E-state index contributed by atoms with van der Waals surface area (Å²) in [4.78, 5) is 8.26. The zero-order valence-corrected chi connectivity index (χ0v) is 14.8. The second-order valence-electron chi connectivity index (χ2n) is 6.30. The van der Waals surface area contributed by atoms with Gasteiger partial charge in [-0.3, -0.25) is 0 Å². The van der Waals surface area contributed by atoms with Crippen LogP contribution >= 0.6 is 0 Å². The lowest BCUT2D eigenvalue weighted by Gasteiger charge is -2.06. The second-order valence-corrected chi connectivity index (χ2v) is 8.62. The molecule has 9 heteroatoms. The Morgan fingerprint density at radius 3 is 2.26 bits per heavy atom. The Bertz CT molecular complexity index is 748. The number of hydrogen-bond acceptors (Lipinski definition) is 8. The van der Waals surface area contributed by atoms with Crippen molar-refractivity contribution in [3.8, 4) is 0 Å². The van der Waals surface area contributed by atoms with Gasteiger partial charge in [-0.05, 0) is 12.8 Å². The van der Waals surface area contributed by atoms with E-state index in [4.69, 9.17) is 9.05 Å². The fourth-order valence-electron chi connectivity index (χ4n) is 1.89. The Balaban J connectivity index is 2.12. The summed E-state index contributed by atoms with van der Waals surface area (Å²) in [5.74, 6) is 1.26. The second kappa shape index (κ2) is 6.77. The van der Waals surface area contributed by atoms with E-state index in [-0.39, 0.29) is 23.4 Å². The number of aromatic nitrogens is 4. The maximum absolute atomic E-state index is 12.5. The normalized spacial score (nSPS) is 13.9. The van der Waals surface area contributed by atoms with Crippen LogP contribution in [-0.2, 0) is 22.0 Å². The Hall–Kier alpha value is -1.77. The van der Waals surface area contributed by atoms with Crippen molar-refractivity contribution in [3.05, 3.63) is 23.4 Å². The van der Waals surface area contributed by atoms with Crippen LogP contribution in [0.1, 0.15) is 69.2 Å². The molecule has 0 spiro atoms. The van der Waals surface area contributed by atoms with Gasteiger partial charge in [-0.15, -0.1) is 0 Å². The Morgan fingerprint density at radius 1 is 1.00 bits per heavy atom. The lowest BCUT2D eigenvalue weighted by molar-refractivity contribution is 0.359. The van der Waals surface area contributed by atoms with Crippen molar-refractivity contribution >= 4 is 9.84 Å². The molecule has 0 aromatic carbocycles. The molecule has 0 N–H and O–H groups in total. The molecule has 23 heavy (non-hydrogen) atoms. The molecule has 0 radical (unpaired) electrons. The molecule has 0 saturated heterocycles. The third-order valence-electron chi connectivity index (χ3n) is 3.28. The number of nitrogens with zero attached hydrogens (tertiary/aromatic N) is 4. The van der Waals surface area contributed by atoms with Gasteiger partial charge in [0.05, 0.1) is 0 Å². The summed E-state index contributed by atoms with van der Waals surface area (Å²) >= 11 is 0. The largest absolute Gasteiger partial charge is 0.339 e. The van der Waals surface area contributed by atoms with Gasteiger partial charge in [0.15, 0.2) is 21.5 Å². The maximum Gasteiger partial charge on any atom is 0.244 e. The topological polar surface area (TPSA) is 112 Å². The molecule has 0 amide bonds. The van der Waals surface area contributed by atoms with Crippen molar-refractivity contribution in [2.75, 3.05) is 0 Å². The fourth-order valence-corrected chi connectivity index (χ4v) is 3.02. The van der Waals surface area contributed by atoms with Crippen LogP contribution in [0, 0.1) is 5.92 Å². The van der Waals surface area contributed by atoms with Gasteiger partial charge in [0.2, 0.25) is 11.8 Å². The molecule has 2 aromatic heterocycles. The van der Waals surface area contributed by atoms with Crippen LogP contribution in [0.5, 0.6) is 0 Å². The smallest absolute Gasteiger partial charge is 0.244 e. The van der Waals surface area contributed by atoms with Crippen molar-refractivity contribution in [1.29, 1.82) is 0 Å². The minimum absolute atomic E-state index is 0.0678. The van der Waals surface area contributed by atoms with E-state index in [0.29, 0.717) is 24.1 Å². The van der Waals surface area contributed by atoms with Gasteiger partial charge < -0.3 is 9.05 Å². The van der Waals surface area contributed by atoms with Crippen LogP contribution in [0.25, 0.3) is 0 Å². The van der Waals surface area contributed by atoms with Gasteiger partial charge >= 0.3 is 0 Å². The SMILES string of the molecule is CC(C)Cc1nc(CS(=O)(=O)[C@H](C)c2nc(C(C)C)no2)no1. The average molecular weight is 342 g/mol. The van der Waals surface area contributed by atoms with Crippen molar-refractivity contribution < 1.29 is 17.5 Å². The first-order valence-corrected chi connectivity index (χ1v) is 9.27. The van der Waals surface area contributed by atoms with E-state index in [0.717, 1.165) is 0 Å². The van der Waals surface area contributed by atoms with Gasteiger partial charge in [-0.2, -0.15) is 9.97 Å². The van der Waals surface area contributed by atoms with Crippen LogP contribution in [0.3, 0.4) is 0 Å². The molecule has 1 atom stereocenters. The van der Waals surface area contributed by atoms with Gasteiger partial charge in [0, 0.05) is 12.3 Å². The van der Waals surface area contributed by atoms with Crippen molar-refractivity contribution in [2.45, 2.75) is 58.0 Å². The van der Waals surface area contributed by atoms with Crippen molar-refractivity contribution in [1.82, 2.24) is 20.3 Å². The van der Waals surface area contributed by atoms with E-state index >= 15 is 0 Å². The molecule has 0 unspecified atom stereocenters. The molecule has 8 nitrogen and oxygen atoms in total. The van der Waals surface area contributed by atoms with Gasteiger partial charge in [-0.1, -0.05) is 38.0 Å². The summed E-state index contributed by atoms with van der Waals surface area (Å²) in [7, 11) is -3.58. The van der Waals surface area contributed by atoms with Crippen LogP contribution in [-0.4, -0.2) is 28.7 Å². The predicted octanol–water partition coefficient (Wildman–Crippen LogP) is 2.45. The minimum Gasteiger partial charge on any atom is -0.339 e. The third-order valence-corrected chi connectivity index (χ3v) is 5.22. The monoisotopic (exact) mass is 342 g/mol. The highest BCUT2D eigenvalue weighted by Gasteiger charge is 2.30. The standard InChI is InChI=1S/C14H22N4O4S/c1-8(2)6-12-15-11(17-21-12)7-23(19,20)10(5)14-16-13(9(3)4)18-22-14/h8-10H,6-7H2,1-5H3/t10-/m1/s1. The lowest BCUT2D eigenvalue weighted by Crippen LogP contribution is -2.14. The zero-order valence-electron chi connectivity index (χ0n) is 14.0. The first-order chi connectivity index (χ1) is 10.7. The van der Waals surface area contributed by atoms with Crippen LogP contribution < -0.4 is 0 Å². The fraction of sp³-hybridized carbons (Fsp3) is 0.714. The van der Waals surface area contributed by atoms with E-state index in [9.17, 15) is 8.42 Å². The van der Waals surface area contributed by atoms with E-state index in [1.54, 1.807) is 0 Å². The maximum atomic E-state index is 12.5. The lowest BCUT2D eigenvalue weighted by atomic mass is 10.1. The quantitative estimate of drug-likeness (QED) is 0.754. The van der Waals surface area contributed by atoms with Gasteiger partial charge in [-0.25, -0.2) is 8.42 Å². The molecule has 0 aliphatic carbocycles. The first-order valence-electron chi connectivity index (χ1n) is 7.55. The third kappa shape index (κ3) is 4.37. The Kier molecular flexibility index (Phi) is 5.18. The summed E-state index contributed by atoms with van der Waals surface area (Å²) in [5.41, 5.74) is 0. The highest BCUT2D eigenvalue weighted by atomic mass is 32.2. The molecule has 0 bridgehead atoms. The first kappa shape index (κ1) is 17.6. The average Bonchev–Trinajstić information content (AvgIpc) is 3.06. The Labute approximate surface area is 135 Å². The van der Waals surface area contributed by atoms with E-state index in [1.807, 2.05) is 27.7 Å². The summed E-state index contributed by atoms with van der Waals surface area (Å²) in [6, 6.07) is 0. The van der Waals surface area contributed by atoms with Crippen molar-refractivity contribution in [3.63, 3.8) is 0 Å². The number of rotatable bonds is 7. The van der Waals surface area contributed by atoms with Crippen molar-refractivity contribution in [2.24, 2.45) is 5.92 Å². The molecule has 0 saturated carbocycles. The highest BCUT2D eigenvalue weighted by molar-refractivity contribution is 7.90. The van der Waals surface area contributed by atoms with Crippen LogP contribution in [0.4, 0.5) is 0 Å². The highest BCUT2D eigenvalue weighted by Crippen LogP contribution is 2.24. The zero-order chi connectivity index (χ0) is 17.2. The summed E-state index contributed by atoms with van der Waals surface area (Å²) in [6.45, 7) is 9.37. The number of hydrogen-bond donors (Lipinski definition) is 0. The summed E-state index contributed by atoms with van der Waals surface area (Å²) < 4.78 is 35.1. The van der Waals surface area contributed by atoms with Crippen LogP contribution in [0.15, 0.2) is 9.05 Å². The van der Waals surface area contributed by atoms with E-state index < -0.39 is 15.1 Å². The molecule has 2 aromatic rings. The van der Waals surface area contributed by atoms with Gasteiger partial charge in [0.25, 0.3) is 0 Å². The Morgan fingerprint density at radius 2 is 1.70 bits per heavy atom. The minimum atomic E-state index is -3.58. The molecular formula is C14H22N4O4S. The molecule has 0 aliphatic rings. The van der Waals surface area contributed by atoms with E-state index in [2.05, 4.69) is 20.3 Å². The molecule has 2 heterocycles. The van der Waals surface area contributed by atoms with E-state index in [1.165, 1.54) is 6.92 Å². The molecule has 128 valence electrons.